The normalized spacial score (nSPS) is 11.5. The van der Waals surface area contributed by atoms with Gasteiger partial charge in [-0.2, -0.15) is 0 Å². The van der Waals surface area contributed by atoms with Crippen LogP contribution in [0.1, 0.15) is 42.3 Å². The van der Waals surface area contributed by atoms with Crippen LogP contribution in [0.3, 0.4) is 0 Å². The van der Waals surface area contributed by atoms with E-state index >= 15 is 0 Å². The van der Waals surface area contributed by atoms with Crippen molar-refractivity contribution in [3.63, 3.8) is 0 Å². The highest BCUT2D eigenvalue weighted by Gasteiger charge is 2.27. The molecule has 2 aromatic carbocycles. The molecule has 37 heavy (non-hydrogen) atoms. The summed E-state index contributed by atoms with van der Waals surface area (Å²) in [5, 5.41) is 7.24. The summed E-state index contributed by atoms with van der Waals surface area (Å²) in [4.78, 5) is 54.9. The lowest BCUT2D eigenvalue weighted by molar-refractivity contribution is -0.118. The van der Waals surface area contributed by atoms with Gasteiger partial charge in [0, 0.05) is 23.5 Å². The number of carbonyl (C=O) groups is 4. The van der Waals surface area contributed by atoms with Gasteiger partial charge in [-0.25, -0.2) is 9.59 Å². The first kappa shape index (κ1) is 26.9. The van der Waals surface area contributed by atoms with E-state index in [4.69, 9.17) is 9.47 Å². The maximum absolute atomic E-state index is 13.2. The minimum atomic E-state index is -1.57. The van der Waals surface area contributed by atoms with Gasteiger partial charge in [0.05, 0.1) is 5.69 Å². The third kappa shape index (κ3) is 8.46. The molecule has 1 atom stereocenters. The number of anilines is 1. The van der Waals surface area contributed by atoms with Gasteiger partial charge in [0.15, 0.2) is 11.9 Å². The van der Waals surface area contributed by atoms with Crippen LogP contribution in [0, 0.1) is 0 Å². The third-order valence-electron chi connectivity index (χ3n) is 4.77. The van der Waals surface area contributed by atoms with E-state index in [9.17, 15) is 19.2 Å². The van der Waals surface area contributed by atoms with Gasteiger partial charge in [-0.3, -0.25) is 25.2 Å². The number of alkyl carbamates (subject to hydrolysis) is 2. The molecule has 3 aromatic rings. The molecule has 0 saturated carbocycles. The number of ether oxygens (including phenoxy) is 2. The molecule has 0 aliphatic heterocycles. The second-order valence-corrected chi connectivity index (χ2v) is 8.89. The Morgan fingerprint density at radius 1 is 0.838 bits per heavy atom. The molecule has 3 rings (SSSR count). The molecule has 1 unspecified atom stereocenters. The van der Waals surface area contributed by atoms with Gasteiger partial charge in [-0.05, 0) is 50.6 Å². The van der Waals surface area contributed by atoms with E-state index in [0.717, 1.165) is 5.56 Å². The van der Waals surface area contributed by atoms with Gasteiger partial charge in [-0.15, -0.1) is 0 Å². The van der Waals surface area contributed by atoms with Crippen molar-refractivity contribution in [2.24, 2.45) is 0 Å². The number of benzene rings is 2. The van der Waals surface area contributed by atoms with Crippen molar-refractivity contribution in [2.45, 2.75) is 39.1 Å². The van der Waals surface area contributed by atoms with Crippen molar-refractivity contribution in [3.8, 4) is 0 Å². The Kier molecular flexibility index (Phi) is 8.93. The number of ketones is 1. The highest BCUT2D eigenvalue weighted by Crippen LogP contribution is 2.19. The van der Waals surface area contributed by atoms with E-state index in [0.29, 0.717) is 5.56 Å². The third-order valence-corrected chi connectivity index (χ3v) is 4.77. The fourth-order valence-electron chi connectivity index (χ4n) is 3.13. The van der Waals surface area contributed by atoms with Crippen molar-refractivity contribution in [1.29, 1.82) is 0 Å². The Balaban J connectivity index is 1.76. The van der Waals surface area contributed by atoms with Crippen LogP contribution in [0.4, 0.5) is 15.3 Å². The van der Waals surface area contributed by atoms with Gasteiger partial charge in [-0.1, -0.05) is 42.5 Å². The van der Waals surface area contributed by atoms with Crippen LogP contribution < -0.4 is 16.0 Å². The average molecular weight is 505 g/mol. The number of amides is 3. The lowest BCUT2D eigenvalue weighted by Crippen LogP contribution is -2.55. The summed E-state index contributed by atoms with van der Waals surface area (Å²) in [6, 6.07) is 18.4. The molecule has 0 radical (unpaired) electrons. The first-order valence-corrected chi connectivity index (χ1v) is 11.4. The van der Waals surface area contributed by atoms with Gasteiger partial charge in [0.2, 0.25) is 0 Å². The summed E-state index contributed by atoms with van der Waals surface area (Å²) >= 11 is 0. The smallest absolute Gasteiger partial charge is 0.409 e. The summed E-state index contributed by atoms with van der Waals surface area (Å²) in [5.41, 5.74) is 0.669. The molecule has 10 heteroatoms. The molecule has 192 valence electrons. The number of aromatic nitrogens is 1. The standard InChI is InChI=1S/C27H28N4O6/c1-27(2,3)37-26(35)31-23(30-25(34)36-17-18-9-5-4-6-10-18)24(33)29-21-12-8-7-11-20(21)22(32)19-13-15-28-16-14-19/h4-16,23H,17H2,1-3H3,(H,29,33)(H,30,34)(H,31,35). The zero-order valence-corrected chi connectivity index (χ0v) is 20.7. The number of para-hydroxylation sites is 1. The van der Waals surface area contributed by atoms with Gasteiger partial charge >= 0.3 is 12.2 Å². The maximum Gasteiger partial charge on any atom is 0.409 e. The van der Waals surface area contributed by atoms with Crippen molar-refractivity contribution < 1.29 is 28.7 Å². The molecular formula is C27H28N4O6. The molecule has 0 aliphatic rings. The largest absolute Gasteiger partial charge is 0.445 e. The minimum absolute atomic E-state index is 0.0449. The van der Waals surface area contributed by atoms with E-state index in [1.54, 1.807) is 75.4 Å². The zero-order chi connectivity index (χ0) is 26.8. The van der Waals surface area contributed by atoms with Crippen LogP contribution in [-0.4, -0.2) is 40.6 Å². The van der Waals surface area contributed by atoms with Crippen LogP contribution in [-0.2, 0) is 20.9 Å². The quantitative estimate of drug-likeness (QED) is 0.311. The number of nitrogens with one attached hydrogen (secondary N) is 3. The number of pyridine rings is 1. The molecule has 1 heterocycles. The molecule has 0 spiro atoms. The Bertz CT molecular complexity index is 1240. The van der Waals surface area contributed by atoms with E-state index < -0.39 is 29.9 Å². The van der Waals surface area contributed by atoms with Crippen molar-refractivity contribution in [2.75, 3.05) is 5.32 Å². The number of hydrogen-bond donors (Lipinski definition) is 3. The Morgan fingerprint density at radius 3 is 2.14 bits per heavy atom. The zero-order valence-electron chi connectivity index (χ0n) is 20.7. The van der Waals surface area contributed by atoms with Gasteiger partial charge in [0.1, 0.15) is 12.2 Å². The first-order chi connectivity index (χ1) is 17.6. The molecule has 3 N–H and O–H groups in total. The molecule has 0 bridgehead atoms. The lowest BCUT2D eigenvalue weighted by Gasteiger charge is -2.24. The van der Waals surface area contributed by atoms with Crippen LogP contribution in [0.25, 0.3) is 0 Å². The molecule has 0 fully saturated rings. The highest BCUT2D eigenvalue weighted by molar-refractivity contribution is 6.14. The van der Waals surface area contributed by atoms with Gasteiger partial charge < -0.3 is 14.8 Å². The molecule has 0 aliphatic carbocycles. The summed E-state index contributed by atoms with van der Waals surface area (Å²) in [5.74, 6) is -1.16. The van der Waals surface area contributed by atoms with Crippen LogP contribution in [0.5, 0.6) is 0 Å². The Labute approximate surface area is 214 Å². The van der Waals surface area contributed by atoms with Crippen LogP contribution >= 0.6 is 0 Å². The van der Waals surface area contributed by atoms with Crippen molar-refractivity contribution in [1.82, 2.24) is 15.6 Å². The summed E-state index contributed by atoms with van der Waals surface area (Å²) in [6.45, 7) is 4.93. The minimum Gasteiger partial charge on any atom is -0.445 e. The summed E-state index contributed by atoms with van der Waals surface area (Å²) in [7, 11) is 0. The number of rotatable bonds is 8. The summed E-state index contributed by atoms with van der Waals surface area (Å²) < 4.78 is 10.4. The molecule has 10 nitrogen and oxygen atoms in total. The molecular weight excluding hydrogens is 476 g/mol. The fraction of sp³-hybridized carbons (Fsp3) is 0.222. The predicted octanol–water partition coefficient (Wildman–Crippen LogP) is 4.03. The van der Waals surface area contributed by atoms with E-state index in [-0.39, 0.29) is 23.6 Å². The van der Waals surface area contributed by atoms with E-state index in [1.807, 2.05) is 6.07 Å². The molecule has 1 aromatic heterocycles. The first-order valence-electron chi connectivity index (χ1n) is 11.4. The summed E-state index contributed by atoms with van der Waals surface area (Å²) in [6.07, 6.45) is -0.471. The topological polar surface area (TPSA) is 136 Å². The van der Waals surface area contributed by atoms with Crippen LogP contribution in [0.2, 0.25) is 0 Å². The Hall–Kier alpha value is -4.73. The van der Waals surface area contributed by atoms with E-state index in [1.165, 1.54) is 18.5 Å². The van der Waals surface area contributed by atoms with Crippen molar-refractivity contribution >= 4 is 29.6 Å². The monoisotopic (exact) mass is 504 g/mol. The average Bonchev–Trinajstić information content (AvgIpc) is 2.87. The fourth-order valence-corrected chi connectivity index (χ4v) is 3.13. The maximum atomic E-state index is 13.2. The SMILES string of the molecule is CC(C)(C)OC(=O)NC(NC(=O)OCc1ccccc1)C(=O)Nc1ccccc1C(=O)c1ccncc1. The number of hydrogen-bond acceptors (Lipinski definition) is 7. The molecule has 0 saturated heterocycles. The number of nitrogens with zero attached hydrogens (tertiary/aromatic N) is 1. The van der Waals surface area contributed by atoms with Crippen LogP contribution in [0.15, 0.2) is 79.1 Å². The van der Waals surface area contributed by atoms with Gasteiger partial charge in [0.25, 0.3) is 5.91 Å². The Morgan fingerprint density at radius 2 is 1.46 bits per heavy atom. The predicted molar refractivity (Wildman–Crippen MR) is 136 cm³/mol. The van der Waals surface area contributed by atoms with Crippen molar-refractivity contribution in [3.05, 3.63) is 95.8 Å². The second kappa shape index (κ2) is 12.3. The molecule has 3 amide bonds. The lowest BCUT2D eigenvalue weighted by atomic mass is 10.0. The highest BCUT2D eigenvalue weighted by atomic mass is 16.6. The number of carbonyl (C=O) groups excluding carboxylic acids is 4. The second-order valence-electron chi connectivity index (χ2n) is 8.89. The van der Waals surface area contributed by atoms with E-state index in [2.05, 4.69) is 20.9 Å².